The van der Waals surface area contributed by atoms with Crippen molar-refractivity contribution in [1.82, 2.24) is 15.3 Å². The van der Waals surface area contributed by atoms with Crippen molar-refractivity contribution < 1.29 is 8.78 Å². The van der Waals surface area contributed by atoms with E-state index in [0.29, 0.717) is 23.2 Å². The molecule has 2 aliphatic carbocycles. The second-order valence-corrected chi connectivity index (χ2v) is 7.47. The Bertz CT molecular complexity index is 717. The molecule has 4 rings (SSSR count). The Kier molecular flexibility index (Phi) is 4.84. The monoisotopic (exact) mass is 345 g/mol. The third-order valence-corrected chi connectivity index (χ3v) is 5.75. The molecule has 5 heteroatoms. The number of nitrogens with zero attached hydrogens (tertiary/aromatic N) is 1. The first-order chi connectivity index (χ1) is 12.2. The van der Waals surface area contributed by atoms with Gasteiger partial charge in [0.05, 0.1) is 11.7 Å². The van der Waals surface area contributed by atoms with E-state index in [-0.39, 0.29) is 6.04 Å². The molecule has 1 aromatic heterocycles. The van der Waals surface area contributed by atoms with Crippen molar-refractivity contribution in [2.75, 3.05) is 0 Å². The molecule has 0 unspecified atom stereocenters. The van der Waals surface area contributed by atoms with Gasteiger partial charge >= 0.3 is 0 Å². The van der Waals surface area contributed by atoms with Crippen LogP contribution in [-0.4, -0.2) is 16.0 Å². The van der Waals surface area contributed by atoms with E-state index < -0.39 is 11.6 Å². The SMILES string of the molecule is Fc1ccc(-c2c[nH]c([C@@H](NC3CCC3)C3CCCCC3)n2)cc1F. The molecule has 3 nitrogen and oxygen atoms in total. The number of halogens is 2. The van der Waals surface area contributed by atoms with E-state index in [1.165, 1.54) is 57.4 Å². The van der Waals surface area contributed by atoms with Crippen molar-refractivity contribution in [1.29, 1.82) is 0 Å². The maximum Gasteiger partial charge on any atom is 0.159 e. The summed E-state index contributed by atoms with van der Waals surface area (Å²) < 4.78 is 26.7. The summed E-state index contributed by atoms with van der Waals surface area (Å²) in [6, 6.07) is 4.76. The third-order valence-electron chi connectivity index (χ3n) is 5.75. The molecule has 0 amide bonds. The molecule has 1 heterocycles. The van der Waals surface area contributed by atoms with E-state index in [0.717, 1.165) is 11.9 Å². The highest BCUT2D eigenvalue weighted by molar-refractivity contribution is 5.58. The van der Waals surface area contributed by atoms with Gasteiger partial charge in [-0.1, -0.05) is 25.7 Å². The Balaban J connectivity index is 1.58. The standard InChI is InChI=1S/C20H25F2N3/c21-16-10-9-14(11-17(16)22)18-12-23-20(25-18)19(24-15-7-4-8-15)13-5-2-1-3-6-13/h9-13,15,19,24H,1-8H2,(H,23,25)/t19-/m0/s1. The normalized spacial score (nSPS) is 20.4. The molecule has 1 aromatic carbocycles. The Morgan fingerprint density at radius 3 is 2.48 bits per heavy atom. The van der Waals surface area contributed by atoms with E-state index in [1.807, 2.05) is 0 Å². The molecule has 0 radical (unpaired) electrons. The maximum atomic E-state index is 13.5. The minimum Gasteiger partial charge on any atom is -0.347 e. The highest BCUT2D eigenvalue weighted by Gasteiger charge is 2.31. The van der Waals surface area contributed by atoms with Crippen LogP contribution in [0.15, 0.2) is 24.4 Å². The lowest BCUT2D eigenvalue weighted by molar-refractivity contribution is 0.212. The maximum absolute atomic E-state index is 13.5. The van der Waals surface area contributed by atoms with Gasteiger partial charge in [-0.25, -0.2) is 13.8 Å². The number of hydrogen-bond acceptors (Lipinski definition) is 2. The second-order valence-electron chi connectivity index (χ2n) is 7.47. The highest BCUT2D eigenvalue weighted by Crippen LogP contribution is 2.36. The molecule has 2 fully saturated rings. The molecule has 0 aliphatic heterocycles. The van der Waals surface area contributed by atoms with Crippen LogP contribution in [0.5, 0.6) is 0 Å². The predicted molar refractivity (Wildman–Crippen MR) is 94.0 cm³/mol. The van der Waals surface area contributed by atoms with Crippen LogP contribution in [0.1, 0.15) is 63.2 Å². The lowest BCUT2D eigenvalue weighted by atomic mass is 9.82. The third kappa shape index (κ3) is 3.61. The molecule has 0 bridgehead atoms. The average Bonchev–Trinajstić information content (AvgIpc) is 3.07. The first-order valence-corrected chi connectivity index (χ1v) is 9.47. The van der Waals surface area contributed by atoms with Gasteiger partial charge in [0.2, 0.25) is 0 Å². The van der Waals surface area contributed by atoms with Gasteiger partial charge in [0.1, 0.15) is 5.82 Å². The summed E-state index contributed by atoms with van der Waals surface area (Å²) in [5.41, 5.74) is 1.28. The molecule has 2 N–H and O–H groups in total. The van der Waals surface area contributed by atoms with Crippen LogP contribution >= 0.6 is 0 Å². The topological polar surface area (TPSA) is 40.7 Å². The molecular formula is C20H25F2N3. The summed E-state index contributed by atoms with van der Waals surface area (Å²) in [6.45, 7) is 0. The summed E-state index contributed by atoms with van der Waals surface area (Å²) in [7, 11) is 0. The molecular weight excluding hydrogens is 320 g/mol. The number of nitrogens with one attached hydrogen (secondary N) is 2. The van der Waals surface area contributed by atoms with Crippen LogP contribution in [0.25, 0.3) is 11.3 Å². The zero-order valence-electron chi connectivity index (χ0n) is 14.4. The van der Waals surface area contributed by atoms with E-state index >= 15 is 0 Å². The fourth-order valence-electron chi connectivity index (χ4n) is 4.03. The summed E-state index contributed by atoms with van der Waals surface area (Å²) in [4.78, 5) is 8.03. The van der Waals surface area contributed by atoms with Gasteiger partial charge in [0, 0.05) is 17.8 Å². The highest BCUT2D eigenvalue weighted by atomic mass is 19.2. The number of benzene rings is 1. The second kappa shape index (κ2) is 7.24. The van der Waals surface area contributed by atoms with Crippen molar-refractivity contribution in [3.8, 4) is 11.3 Å². The molecule has 2 aromatic rings. The van der Waals surface area contributed by atoms with E-state index in [4.69, 9.17) is 4.98 Å². The lowest BCUT2D eigenvalue weighted by Gasteiger charge is -2.36. The number of hydrogen-bond donors (Lipinski definition) is 2. The van der Waals surface area contributed by atoms with Crippen LogP contribution in [0, 0.1) is 17.6 Å². The fraction of sp³-hybridized carbons (Fsp3) is 0.550. The lowest BCUT2D eigenvalue weighted by Crippen LogP contribution is -2.41. The largest absolute Gasteiger partial charge is 0.347 e. The summed E-state index contributed by atoms with van der Waals surface area (Å²) >= 11 is 0. The van der Waals surface area contributed by atoms with Gasteiger partial charge in [0.25, 0.3) is 0 Å². The van der Waals surface area contributed by atoms with Gasteiger partial charge in [-0.15, -0.1) is 0 Å². The summed E-state index contributed by atoms with van der Waals surface area (Å²) in [5, 5.41) is 3.80. The van der Waals surface area contributed by atoms with Crippen molar-refractivity contribution in [3.05, 3.63) is 41.9 Å². The number of aromatic nitrogens is 2. The average molecular weight is 345 g/mol. The van der Waals surface area contributed by atoms with Crippen LogP contribution in [0.2, 0.25) is 0 Å². The summed E-state index contributed by atoms with van der Waals surface area (Å²) in [6.07, 6.45) is 11.9. The molecule has 134 valence electrons. The smallest absolute Gasteiger partial charge is 0.159 e. The van der Waals surface area contributed by atoms with Crippen LogP contribution in [0.4, 0.5) is 8.78 Å². The zero-order chi connectivity index (χ0) is 17.2. The molecule has 2 saturated carbocycles. The van der Waals surface area contributed by atoms with Crippen LogP contribution < -0.4 is 5.32 Å². The van der Waals surface area contributed by atoms with E-state index in [2.05, 4.69) is 10.3 Å². The quantitative estimate of drug-likeness (QED) is 0.790. The number of aromatic amines is 1. The Morgan fingerprint density at radius 1 is 1.00 bits per heavy atom. The van der Waals surface area contributed by atoms with Gasteiger partial charge in [0.15, 0.2) is 11.6 Å². The molecule has 2 aliphatic rings. The number of H-pyrrole nitrogens is 1. The van der Waals surface area contributed by atoms with Crippen molar-refractivity contribution in [3.63, 3.8) is 0 Å². The Hall–Kier alpha value is -1.75. The minimum absolute atomic E-state index is 0.227. The van der Waals surface area contributed by atoms with E-state index in [1.54, 1.807) is 12.3 Å². The fourth-order valence-corrected chi connectivity index (χ4v) is 4.03. The predicted octanol–water partition coefficient (Wildman–Crippen LogP) is 5.12. The first-order valence-electron chi connectivity index (χ1n) is 9.47. The number of rotatable bonds is 5. The molecule has 0 saturated heterocycles. The molecule has 1 atom stereocenters. The first kappa shape index (κ1) is 16.7. The Labute approximate surface area is 147 Å². The van der Waals surface area contributed by atoms with Gasteiger partial charge in [-0.2, -0.15) is 0 Å². The zero-order valence-corrected chi connectivity index (χ0v) is 14.4. The van der Waals surface area contributed by atoms with Crippen LogP contribution in [-0.2, 0) is 0 Å². The minimum atomic E-state index is -0.835. The molecule has 0 spiro atoms. The van der Waals surface area contributed by atoms with Gasteiger partial charge < -0.3 is 10.3 Å². The van der Waals surface area contributed by atoms with Crippen molar-refractivity contribution >= 4 is 0 Å². The molecule has 25 heavy (non-hydrogen) atoms. The van der Waals surface area contributed by atoms with Crippen molar-refractivity contribution in [2.45, 2.75) is 63.5 Å². The van der Waals surface area contributed by atoms with E-state index in [9.17, 15) is 8.78 Å². The Morgan fingerprint density at radius 2 is 1.80 bits per heavy atom. The van der Waals surface area contributed by atoms with Crippen molar-refractivity contribution in [2.24, 2.45) is 5.92 Å². The number of imidazole rings is 1. The van der Waals surface area contributed by atoms with Crippen LogP contribution in [0.3, 0.4) is 0 Å². The van der Waals surface area contributed by atoms with Gasteiger partial charge in [-0.3, -0.25) is 0 Å². The summed E-state index contributed by atoms with van der Waals surface area (Å²) in [5.74, 6) is -0.137. The van der Waals surface area contributed by atoms with Gasteiger partial charge in [-0.05, 0) is 49.8 Å².